The van der Waals surface area contributed by atoms with E-state index in [1.165, 1.54) is 13.8 Å². The molecule has 1 saturated carbocycles. The van der Waals surface area contributed by atoms with E-state index in [2.05, 4.69) is 4.72 Å². The van der Waals surface area contributed by atoms with Crippen LogP contribution in [0.5, 0.6) is 0 Å². The second kappa shape index (κ2) is 4.74. The van der Waals surface area contributed by atoms with Gasteiger partial charge in [0.15, 0.2) is 0 Å². The lowest BCUT2D eigenvalue weighted by molar-refractivity contribution is -0.388. The highest BCUT2D eigenvalue weighted by Crippen LogP contribution is 2.45. The quantitative estimate of drug-likeness (QED) is 0.682. The summed E-state index contributed by atoms with van der Waals surface area (Å²) in [7, 11) is -3.92. The summed E-state index contributed by atoms with van der Waals surface area (Å²) in [6.45, 7) is 6.52. The third-order valence-electron chi connectivity index (χ3n) is 3.89. The van der Waals surface area contributed by atoms with Gasteiger partial charge in [-0.25, -0.2) is 13.1 Å². The molecule has 0 saturated heterocycles. The Morgan fingerprint density at radius 2 is 1.95 bits per heavy atom. The second-order valence-electron chi connectivity index (χ2n) is 6.10. The largest absolute Gasteiger partial charge is 0.309 e. The summed E-state index contributed by atoms with van der Waals surface area (Å²) in [5.74, 6) is -1.03. The second-order valence-corrected chi connectivity index (χ2v) is 7.75. The summed E-state index contributed by atoms with van der Waals surface area (Å²) in [5, 5.41) is 10.9. The topological polar surface area (TPSA) is 89.3 Å². The number of nitro groups is 1. The number of nitrogens with one attached hydrogen (secondary N) is 1. The Labute approximate surface area is 122 Å². The molecule has 0 aromatic heterocycles. The molecule has 1 N–H and O–H groups in total. The van der Waals surface area contributed by atoms with E-state index in [0.29, 0.717) is 6.42 Å². The summed E-state index contributed by atoms with van der Waals surface area (Å²) in [4.78, 5) is 9.81. The van der Waals surface area contributed by atoms with Gasteiger partial charge in [0, 0.05) is 6.04 Å². The number of rotatable bonds is 4. The molecular formula is C13H17FN2O4S. The van der Waals surface area contributed by atoms with E-state index in [4.69, 9.17) is 0 Å². The van der Waals surface area contributed by atoms with Crippen LogP contribution in [0, 0.1) is 35.2 Å². The Hall–Kier alpha value is -1.54. The maximum Gasteiger partial charge on any atom is 0.309 e. The lowest BCUT2D eigenvalue weighted by Crippen LogP contribution is -2.30. The highest BCUT2D eigenvalue weighted by molar-refractivity contribution is 7.89. The first-order valence-electron chi connectivity index (χ1n) is 6.44. The van der Waals surface area contributed by atoms with E-state index in [1.807, 2.05) is 13.8 Å². The van der Waals surface area contributed by atoms with Crippen LogP contribution in [0.2, 0.25) is 0 Å². The molecule has 21 heavy (non-hydrogen) atoms. The van der Waals surface area contributed by atoms with Crippen LogP contribution in [-0.4, -0.2) is 19.4 Å². The molecule has 1 aromatic carbocycles. The number of hydrogen-bond donors (Lipinski definition) is 1. The van der Waals surface area contributed by atoms with E-state index in [1.54, 1.807) is 0 Å². The van der Waals surface area contributed by atoms with Crippen molar-refractivity contribution in [1.82, 2.24) is 4.72 Å². The molecule has 116 valence electrons. The first-order valence-corrected chi connectivity index (χ1v) is 7.92. The molecule has 0 spiro atoms. The number of nitro benzene ring substituents is 1. The summed E-state index contributed by atoms with van der Waals surface area (Å²) in [6.07, 6.45) is 0.702. The first kappa shape index (κ1) is 15.8. The molecule has 1 fully saturated rings. The number of nitrogens with zero attached hydrogens (tertiary/aromatic N) is 1. The molecule has 2 rings (SSSR count). The van der Waals surface area contributed by atoms with E-state index >= 15 is 0 Å². The molecule has 0 heterocycles. The van der Waals surface area contributed by atoms with Crippen LogP contribution >= 0.6 is 0 Å². The van der Waals surface area contributed by atoms with E-state index < -0.39 is 26.5 Å². The molecule has 1 aromatic rings. The van der Waals surface area contributed by atoms with Gasteiger partial charge in [-0.05, 0) is 37.3 Å². The molecule has 1 aliphatic rings. The van der Waals surface area contributed by atoms with Gasteiger partial charge in [-0.1, -0.05) is 13.8 Å². The molecule has 6 nitrogen and oxygen atoms in total. The average Bonchev–Trinajstić information content (AvgIpc) is 2.81. The molecule has 1 aliphatic carbocycles. The fourth-order valence-corrected chi connectivity index (χ4v) is 4.34. The molecule has 0 bridgehead atoms. The van der Waals surface area contributed by atoms with E-state index in [-0.39, 0.29) is 27.5 Å². The van der Waals surface area contributed by atoms with Gasteiger partial charge in [0.1, 0.15) is 0 Å². The van der Waals surface area contributed by atoms with Gasteiger partial charge < -0.3 is 0 Å². The fraction of sp³-hybridized carbons (Fsp3) is 0.538. The Morgan fingerprint density at radius 3 is 2.38 bits per heavy atom. The minimum Gasteiger partial charge on any atom is -0.258 e. The van der Waals surface area contributed by atoms with Crippen molar-refractivity contribution in [2.45, 2.75) is 45.1 Å². The Morgan fingerprint density at radius 1 is 1.43 bits per heavy atom. The van der Waals surface area contributed by atoms with Gasteiger partial charge in [0.05, 0.1) is 15.4 Å². The third kappa shape index (κ3) is 2.77. The molecule has 0 radical (unpaired) electrons. The third-order valence-corrected chi connectivity index (χ3v) is 5.65. The van der Waals surface area contributed by atoms with E-state index in [0.717, 1.165) is 6.07 Å². The zero-order chi connectivity index (χ0) is 16.2. The van der Waals surface area contributed by atoms with Crippen molar-refractivity contribution in [2.24, 2.45) is 5.41 Å². The molecular weight excluding hydrogens is 299 g/mol. The van der Waals surface area contributed by atoms with Gasteiger partial charge in [0.25, 0.3) is 0 Å². The van der Waals surface area contributed by atoms with Crippen molar-refractivity contribution in [1.29, 1.82) is 0 Å². The molecule has 8 heteroatoms. The van der Waals surface area contributed by atoms with Crippen molar-refractivity contribution in [2.75, 3.05) is 0 Å². The van der Waals surface area contributed by atoms with E-state index in [9.17, 15) is 22.9 Å². The van der Waals surface area contributed by atoms with Crippen LogP contribution in [0.3, 0.4) is 0 Å². The zero-order valence-electron chi connectivity index (χ0n) is 12.2. The number of sulfonamides is 1. The standard InChI is InChI=1S/C13H17FN2O4S/c1-7-5-9(14)11(16(17)18)8(2)12(7)21(19,20)15-10-6-13(10,3)4/h5,10,15H,6H2,1-4H3. The minimum atomic E-state index is -3.92. The maximum atomic E-state index is 13.7. The Kier molecular flexibility index (Phi) is 3.57. The summed E-state index contributed by atoms with van der Waals surface area (Å²) >= 11 is 0. The summed E-state index contributed by atoms with van der Waals surface area (Å²) < 4.78 is 41.1. The van der Waals surface area contributed by atoms with Crippen LogP contribution in [0.25, 0.3) is 0 Å². The van der Waals surface area contributed by atoms with Crippen molar-refractivity contribution in [3.63, 3.8) is 0 Å². The van der Waals surface area contributed by atoms with Crippen LogP contribution < -0.4 is 4.72 Å². The highest BCUT2D eigenvalue weighted by Gasteiger charge is 2.48. The van der Waals surface area contributed by atoms with Crippen LogP contribution in [-0.2, 0) is 10.0 Å². The number of halogens is 1. The normalized spacial score (nSPS) is 20.3. The van der Waals surface area contributed by atoms with Crippen LogP contribution in [0.15, 0.2) is 11.0 Å². The lowest BCUT2D eigenvalue weighted by atomic mass is 10.1. The van der Waals surface area contributed by atoms with Gasteiger partial charge in [-0.2, -0.15) is 4.39 Å². The summed E-state index contributed by atoms with van der Waals surface area (Å²) in [5.41, 5.74) is -0.943. The summed E-state index contributed by atoms with van der Waals surface area (Å²) in [6, 6.07) is 0.683. The first-order chi connectivity index (χ1) is 9.47. The molecule has 0 aliphatic heterocycles. The predicted molar refractivity (Wildman–Crippen MR) is 75.0 cm³/mol. The van der Waals surface area contributed by atoms with Gasteiger partial charge in [0.2, 0.25) is 15.8 Å². The zero-order valence-corrected chi connectivity index (χ0v) is 13.0. The molecule has 1 unspecified atom stereocenters. The molecule has 0 amide bonds. The van der Waals surface area contributed by atoms with Crippen molar-refractivity contribution >= 4 is 15.7 Å². The molecule has 1 atom stereocenters. The van der Waals surface area contributed by atoms with Crippen molar-refractivity contribution in [3.05, 3.63) is 33.1 Å². The fourth-order valence-electron chi connectivity index (χ4n) is 2.46. The smallest absolute Gasteiger partial charge is 0.258 e. The monoisotopic (exact) mass is 316 g/mol. The Balaban J connectivity index is 2.53. The number of benzene rings is 1. The predicted octanol–water partition coefficient (Wildman–Crippen LogP) is 2.43. The average molecular weight is 316 g/mol. The van der Waals surface area contributed by atoms with Gasteiger partial charge in [-0.15, -0.1) is 0 Å². The van der Waals surface area contributed by atoms with Crippen molar-refractivity contribution < 1.29 is 17.7 Å². The lowest BCUT2D eigenvalue weighted by Gasteiger charge is -2.13. The van der Waals surface area contributed by atoms with Gasteiger partial charge in [-0.3, -0.25) is 10.1 Å². The number of aryl methyl sites for hydroxylation is 1. The van der Waals surface area contributed by atoms with Crippen molar-refractivity contribution in [3.8, 4) is 0 Å². The highest BCUT2D eigenvalue weighted by atomic mass is 32.2. The van der Waals surface area contributed by atoms with Crippen LogP contribution in [0.4, 0.5) is 10.1 Å². The SMILES string of the molecule is Cc1cc(F)c([N+](=O)[O-])c(C)c1S(=O)(=O)NC1CC1(C)C. The minimum absolute atomic E-state index is 0.124. The Bertz CT molecular complexity index is 728. The maximum absolute atomic E-state index is 13.7. The van der Waals surface area contributed by atoms with Gasteiger partial charge >= 0.3 is 5.69 Å². The number of hydrogen-bond acceptors (Lipinski definition) is 4. The van der Waals surface area contributed by atoms with Crippen LogP contribution in [0.1, 0.15) is 31.4 Å².